The third-order valence-corrected chi connectivity index (χ3v) is 3.73. The maximum atomic E-state index is 12.7. The van der Waals surface area contributed by atoms with Crippen LogP contribution < -0.4 is 0 Å². The first-order chi connectivity index (χ1) is 6.71. The molecule has 0 spiro atoms. The predicted octanol–water partition coefficient (Wildman–Crippen LogP) is 5.16. The van der Waals surface area contributed by atoms with Crippen LogP contribution in [0.2, 0.25) is 0 Å². The van der Waals surface area contributed by atoms with Crippen molar-refractivity contribution in [2.75, 3.05) is 0 Å². The molecule has 0 aromatic heterocycles. The van der Waals surface area contributed by atoms with Crippen molar-refractivity contribution in [3.63, 3.8) is 0 Å². The van der Waals surface area contributed by atoms with Gasteiger partial charge in [-0.05, 0) is 23.7 Å². The van der Waals surface area contributed by atoms with Crippen LogP contribution in [-0.4, -0.2) is 0 Å². The first kappa shape index (κ1) is 14.5. The summed E-state index contributed by atoms with van der Waals surface area (Å²) in [5.74, 6) is -0.552. The van der Waals surface area contributed by atoms with Gasteiger partial charge >= 0.3 is 6.08 Å². The van der Waals surface area contributed by atoms with Crippen molar-refractivity contribution in [1.82, 2.24) is 0 Å². The molecule has 0 saturated heterocycles. The van der Waals surface area contributed by atoms with Gasteiger partial charge in [0, 0.05) is 6.42 Å². The molecular formula is C12H21F3. The Bertz CT molecular complexity index is 217. The molecule has 0 aliphatic heterocycles. The highest BCUT2D eigenvalue weighted by Crippen LogP contribution is 2.41. The molecule has 0 heterocycles. The lowest BCUT2D eigenvalue weighted by molar-refractivity contribution is 0.120. The predicted molar refractivity (Wildman–Crippen MR) is 57.4 cm³/mol. The van der Waals surface area contributed by atoms with Crippen molar-refractivity contribution in [2.45, 2.75) is 47.5 Å². The highest BCUT2D eigenvalue weighted by molar-refractivity contribution is 4.94. The van der Waals surface area contributed by atoms with Gasteiger partial charge in [0.15, 0.2) is 5.83 Å². The summed E-state index contributed by atoms with van der Waals surface area (Å²) >= 11 is 0. The van der Waals surface area contributed by atoms with Gasteiger partial charge in [-0.3, -0.25) is 0 Å². The van der Waals surface area contributed by atoms with E-state index in [4.69, 9.17) is 0 Å². The molecule has 15 heavy (non-hydrogen) atoms. The van der Waals surface area contributed by atoms with Gasteiger partial charge in [0.2, 0.25) is 0 Å². The third kappa shape index (κ3) is 3.88. The SMILES string of the molecule is CC(C)C(C)(CCC(F)=C(F)F)C(C)C. The second-order valence-electron chi connectivity index (χ2n) is 4.98. The molecule has 0 amide bonds. The molecule has 0 radical (unpaired) electrons. The molecule has 0 bridgehead atoms. The quantitative estimate of drug-likeness (QED) is 0.602. The van der Waals surface area contributed by atoms with Crippen molar-refractivity contribution < 1.29 is 13.2 Å². The molecular weight excluding hydrogens is 201 g/mol. The minimum absolute atomic E-state index is 0.0905. The molecule has 0 fully saturated rings. The van der Waals surface area contributed by atoms with Crippen molar-refractivity contribution in [3.05, 3.63) is 11.9 Å². The van der Waals surface area contributed by atoms with Gasteiger partial charge in [0.25, 0.3) is 0 Å². The van der Waals surface area contributed by atoms with E-state index in [0.717, 1.165) is 0 Å². The fraction of sp³-hybridized carbons (Fsp3) is 0.833. The standard InChI is InChI=1S/C12H21F3/c1-8(2)12(5,9(3)4)7-6-10(13)11(14)15/h8-9H,6-7H2,1-5H3. The van der Waals surface area contributed by atoms with E-state index < -0.39 is 11.9 Å². The zero-order valence-corrected chi connectivity index (χ0v) is 10.2. The summed E-state index contributed by atoms with van der Waals surface area (Å²) in [5, 5.41) is 0. The summed E-state index contributed by atoms with van der Waals surface area (Å²) in [6.07, 6.45) is -1.87. The Kier molecular flexibility index (Phi) is 5.39. The first-order valence-corrected chi connectivity index (χ1v) is 5.41. The Morgan fingerprint density at radius 2 is 1.40 bits per heavy atom. The van der Waals surface area contributed by atoms with Crippen LogP contribution in [0.4, 0.5) is 13.2 Å². The fourth-order valence-electron chi connectivity index (χ4n) is 1.72. The van der Waals surface area contributed by atoms with Gasteiger partial charge in [0.05, 0.1) is 0 Å². The summed E-state index contributed by atoms with van der Waals surface area (Å²) in [4.78, 5) is 0. The number of rotatable bonds is 5. The van der Waals surface area contributed by atoms with Crippen LogP contribution in [0.15, 0.2) is 11.9 Å². The molecule has 0 aliphatic carbocycles. The van der Waals surface area contributed by atoms with Gasteiger partial charge in [-0.1, -0.05) is 34.6 Å². The van der Waals surface area contributed by atoms with E-state index in [0.29, 0.717) is 18.3 Å². The molecule has 0 rings (SSSR count). The molecule has 0 aromatic rings. The summed E-state index contributed by atoms with van der Waals surface area (Å²) < 4.78 is 36.5. The molecule has 0 aliphatic rings. The van der Waals surface area contributed by atoms with Crippen LogP contribution in [0.25, 0.3) is 0 Å². The molecule has 3 heteroatoms. The zero-order chi connectivity index (χ0) is 12.2. The lowest BCUT2D eigenvalue weighted by Gasteiger charge is -2.38. The molecule has 0 nitrogen and oxygen atoms in total. The zero-order valence-electron chi connectivity index (χ0n) is 10.2. The Hall–Kier alpha value is -0.470. The van der Waals surface area contributed by atoms with Crippen LogP contribution in [0.5, 0.6) is 0 Å². The molecule has 0 saturated carbocycles. The lowest BCUT2D eigenvalue weighted by Crippen LogP contribution is -2.29. The van der Waals surface area contributed by atoms with Crippen LogP contribution in [-0.2, 0) is 0 Å². The average molecular weight is 222 g/mol. The van der Waals surface area contributed by atoms with E-state index >= 15 is 0 Å². The van der Waals surface area contributed by atoms with Crippen molar-refractivity contribution in [1.29, 1.82) is 0 Å². The summed E-state index contributed by atoms with van der Waals surface area (Å²) in [5.41, 5.74) is -0.0905. The van der Waals surface area contributed by atoms with Gasteiger partial charge < -0.3 is 0 Å². The van der Waals surface area contributed by atoms with Crippen LogP contribution in [0.3, 0.4) is 0 Å². The maximum Gasteiger partial charge on any atom is 0.301 e. The Morgan fingerprint density at radius 1 is 1.00 bits per heavy atom. The van der Waals surface area contributed by atoms with Crippen molar-refractivity contribution in [3.8, 4) is 0 Å². The van der Waals surface area contributed by atoms with Crippen LogP contribution in [0.1, 0.15) is 47.5 Å². The van der Waals surface area contributed by atoms with Gasteiger partial charge in [-0.2, -0.15) is 8.78 Å². The van der Waals surface area contributed by atoms with Gasteiger partial charge in [-0.25, -0.2) is 4.39 Å². The van der Waals surface area contributed by atoms with E-state index in [-0.39, 0.29) is 11.8 Å². The maximum absolute atomic E-state index is 12.7. The largest absolute Gasteiger partial charge is 0.301 e. The fourth-order valence-corrected chi connectivity index (χ4v) is 1.72. The smallest absolute Gasteiger partial charge is 0.206 e. The van der Waals surface area contributed by atoms with Crippen LogP contribution in [0, 0.1) is 17.3 Å². The normalized spacial score (nSPS) is 12.4. The van der Waals surface area contributed by atoms with E-state index in [2.05, 4.69) is 0 Å². The second kappa shape index (κ2) is 5.57. The van der Waals surface area contributed by atoms with E-state index in [9.17, 15) is 13.2 Å². The molecule has 90 valence electrons. The summed E-state index contributed by atoms with van der Waals surface area (Å²) in [6, 6.07) is 0. The lowest BCUT2D eigenvalue weighted by atomic mass is 9.68. The highest BCUT2D eigenvalue weighted by atomic mass is 19.3. The van der Waals surface area contributed by atoms with Gasteiger partial charge in [0.1, 0.15) is 0 Å². The number of halogens is 3. The monoisotopic (exact) mass is 222 g/mol. The minimum atomic E-state index is -2.18. The Morgan fingerprint density at radius 3 is 1.67 bits per heavy atom. The third-order valence-electron chi connectivity index (χ3n) is 3.73. The molecule has 0 aromatic carbocycles. The Balaban J connectivity index is 4.53. The number of hydrogen-bond acceptors (Lipinski definition) is 0. The van der Waals surface area contributed by atoms with Crippen molar-refractivity contribution >= 4 is 0 Å². The molecule has 0 atom stereocenters. The Labute approximate surface area is 90.6 Å². The van der Waals surface area contributed by atoms with Crippen LogP contribution >= 0.6 is 0 Å². The molecule has 0 unspecified atom stereocenters. The highest BCUT2D eigenvalue weighted by Gasteiger charge is 2.32. The first-order valence-electron chi connectivity index (χ1n) is 5.41. The van der Waals surface area contributed by atoms with E-state index in [1.54, 1.807) is 0 Å². The minimum Gasteiger partial charge on any atom is -0.206 e. The van der Waals surface area contributed by atoms with Gasteiger partial charge in [-0.15, -0.1) is 0 Å². The topological polar surface area (TPSA) is 0 Å². The summed E-state index contributed by atoms with van der Waals surface area (Å²) in [6.45, 7) is 10.2. The average Bonchev–Trinajstić information content (AvgIpc) is 2.12. The number of hydrogen-bond donors (Lipinski definition) is 0. The number of allylic oxidation sites excluding steroid dienone is 1. The summed E-state index contributed by atoms with van der Waals surface area (Å²) in [7, 11) is 0. The molecule has 0 N–H and O–H groups in total. The van der Waals surface area contributed by atoms with Crippen molar-refractivity contribution in [2.24, 2.45) is 17.3 Å². The van der Waals surface area contributed by atoms with E-state index in [1.807, 2.05) is 34.6 Å². The van der Waals surface area contributed by atoms with E-state index in [1.165, 1.54) is 0 Å². The second-order valence-corrected chi connectivity index (χ2v) is 4.98.